The molecule has 11 heteroatoms. The largest absolute Gasteiger partial charge is 0.455 e. The molecule has 2 N–H and O–H groups in total. The lowest BCUT2D eigenvalue weighted by Crippen LogP contribution is -2.56. The van der Waals surface area contributed by atoms with Crippen molar-refractivity contribution in [3.8, 4) is 0 Å². The maximum Gasteiger partial charge on any atom is 0.409 e. The standard InChI is InChI=1S/C38H57N5O5S/c1-10-26(6)34(41-36(46)31-18-14-15-19-42(31)8)38(47)43(9)32(25(4)5)22-33(48-27(7)44)37-40-30(23-49-37)35(45)39-29(20-24(2)3)21-28-16-12-11-13-17-28/h11-13,16-17,23-26,29,31-34H,9-10,14-15,18-22H2,1-8H3,(H-,39,41,45,46)/p+1/t26?,29-,31?,32-,33-,34+/m1/s1/i11T. The van der Waals surface area contributed by atoms with Gasteiger partial charge in [-0.05, 0) is 56.7 Å². The number of thiazole rings is 1. The summed E-state index contributed by atoms with van der Waals surface area (Å²) in [4.78, 5) is 59.9. The number of likely N-dealkylation sites (N-methyl/N-ethyl adjacent to an activating group) is 1. The fourth-order valence-corrected chi connectivity index (χ4v) is 7.30. The molecule has 3 amide bonds. The number of carbonyl (C=O) groups excluding carboxylic acids is 4. The highest BCUT2D eigenvalue weighted by Gasteiger charge is 2.41. The van der Waals surface area contributed by atoms with Crippen molar-refractivity contribution in [2.75, 3.05) is 13.6 Å². The number of aromatic nitrogens is 1. The Kier molecular flexibility index (Phi) is 14.9. The van der Waals surface area contributed by atoms with E-state index in [-0.39, 0.29) is 53.8 Å². The summed E-state index contributed by atoms with van der Waals surface area (Å²) >= 11 is 1.23. The zero-order chi connectivity index (χ0) is 37.1. The Labute approximate surface area is 298 Å². The number of hydrogen-bond acceptors (Lipinski definition) is 8. The molecule has 2 unspecified atom stereocenters. The van der Waals surface area contributed by atoms with E-state index >= 15 is 0 Å². The highest BCUT2D eigenvalue weighted by Crippen LogP contribution is 2.30. The molecule has 0 radical (unpaired) electrons. The lowest BCUT2D eigenvalue weighted by molar-refractivity contribution is -0.494. The molecule has 1 fully saturated rings. The first-order valence-electron chi connectivity index (χ1n) is 18.2. The van der Waals surface area contributed by atoms with Crippen molar-refractivity contribution in [1.82, 2.24) is 20.5 Å². The van der Waals surface area contributed by atoms with Crippen LogP contribution in [-0.4, -0.2) is 82.6 Å². The summed E-state index contributed by atoms with van der Waals surface area (Å²) in [5.74, 6) is -1.11. The maximum absolute atomic E-state index is 14.1. The molecular weight excluding hydrogens is 639 g/mol. The van der Waals surface area contributed by atoms with Crippen LogP contribution in [0.3, 0.4) is 0 Å². The molecule has 1 saturated heterocycles. The second-order valence-electron chi connectivity index (χ2n) is 14.3. The van der Waals surface area contributed by atoms with Crippen LogP contribution in [0.25, 0.3) is 0 Å². The van der Waals surface area contributed by atoms with E-state index in [0.29, 0.717) is 29.8 Å². The number of nitrogens with one attached hydrogen (secondary N) is 2. The average Bonchev–Trinajstić information content (AvgIpc) is 3.56. The van der Waals surface area contributed by atoms with Crippen molar-refractivity contribution in [1.29, 1.82) is 0 Å². The molecule has 0 saturated carbocycles. The van der Waals surface area contributed by atoms with E-state index in [9.17, 15) is 19.2 Å². The van der Waals surface area contributed by atoms with Crippen LogP contribution in [0.5, 0.6) is 0 Å². The number of likely N-dealkylation sites (tertiary alicyclic amines) is 1. The SMILES string of the molecule is [3H]c1ccc(C[C@@H](CC(C)C)NC(=O)c2csc([C@@H](C[C@H](C(C)C)[N+](=C)C(=O)[C@@H](NC(=O)C3CCCCN3C)C(C)CC)OC(C)=O)n2)cc1. The molecule has 1 aromatic heterocycles. The molecule has 1 aromatic carbocycles. The van der Waals surface area contributed by atoms with Crippen LogP contribution in [0.2, 0.25) is 0 Å². The van der Waals surface area contributed by atoms with E-state index in [4.69, 9.17) is 6.11 Å². The molecule has 6 atom stereocenters. The van der Waals surface area contributed by atoms with Crippen molar-refractivity contribution >= 4 is 41.7 Å². The number of esters is 1. The Morgan fingerprint density at radius 2 is 1.82 bits per heavy atom. The van der Waals surface area contributed by atoms with Gasteiger partial charge in [0.1, 0.15) is 17.4 Å². The van der Waals surface area contributed by atoms with E-state index in [1.165, 1.54) is 22.8 Å². The number of piperidine rings is 1. The van der Waals surface area contributed by atoms with Gasteiger partial charge in [0.25, 0.3) is 5.91 Å². The van der Waals surface area contributed by atoms with Crippen LogP contribution in [0, 0.1) is 17.8 Å². The van der Waals surface area contributed by atoms with E-state index in [0.717, 1.165) is 37.8 Å². The van der Waals surface area contributed by atoms with Gasteiger partial charge < -0.3 is 15.4 Å². The molecule has 270 valence electrons. The average molecular weight is 699 g/mol. The number of nitrogens with zero attached hydrogens (tertiary/aromatic N) is 3. The molecule has 3 rings (SSSR count). The second kappa shape index (κ2) is 19.1. The van der Waals surface area contributed by atoms with Gasteiger partial charge in [-0.3, -0.25) is 19.3 Å². The monoisotopic (exact) mass is 698 g/mol. The van der Waals surface area contributed by atoms with Gasteiger partial charge in [-0.25, -0.2) is 9.78 Å². The summed E-state index contributed by atoms with van der Waals surface area (Å²) < 4.78 is 15.0. The van der Waals surface area contributed by atoms with Gasteiger partial charge in [0.2, 0.25) is 5.91 Å². The van der Waals surface area contributed by atoms with E-state index in [2.05, 4.69) is 36.2 Å². The topological polar surface area (TPSA) is 121 Å². The lowest BCUT2D eigenvalue weighted by Gasteiger charge is -2.33. The summed E-state index contributed by atoms with van der Waals surface area (Å²) in [5.41, 5.74) is 1.26. The van der Waals surface area contributed by atoms with Gasteiger partial charge >= 0.3 is 11.9 Å². The predicted octanol–water partition coefficient (Wildman–Crippen LogP) is 5.80. The number of carbonyl (C=O) groups is 4. The summed E-state index contributed by atoms with van der Waals surface area (Å²) in [6, 6.07) is 6.11. The van der Waals surface area contributed by atoms with E-state index < -0.39 is 24.2 Å². The second-order valence-corrected chi connectivity index (χ2v) is 15.2. The highest BCUT2D eigenvalue weighted by atomic mass is 32.1. The third-order valence-corrected chi connectivity index (χ3v) is 10.4. The van der Waals surface area contributed by atoms with Gasteiger partial charge in [-0.2, -0.15) is 4.58 Å². The van der Waals surface area contributed by atoms with Gasteiger partial charge in [0.15, 0.2) is 18.2 Å². The lowest BCUT2D eigenvalue weighted by atomic mass is 9.93. The van der Waals surface area contributed by atoms with Crippen molar-refractivity contribution < 1.29 is 29.9 Å². The number of benzene rings is 1. The van der Waals surface area contributed by atoms with Crippen molar-refractivity contribution in [2.24, 2.45) is 17.8 Å². The Bertz CT molecular complexity index is 1460. The Morgan fingerprint density at radius 1 is 1.12 bits per heavy atom. The van der Waals surface area contributed by atoms with Crippen LogP contribution in [0.1, 0.15) is 116 Å². The van der Waals surface area contributed by atoms with Gasteiger partial charge in [0, 0.05) is 24.3 Å². The number of rotatable bonds is 17. The molecular formula is C38H58N5O5S+. The summed E-state index contributed by atoms with van der Waals surface area (Å²) in [6.45, 7) is 18.4. The minimum atomic E-state index is -0.814. The van der Waals surface area contributed by atoms with E-state index in [1.54, 1.807) is 17.5 Å². The normalized spacial score (nSPS) is 18.6. The van der Waals surface area contributed by atoms with Gasteiger partial charge in [0.05, 0.1) is 13.8 Å². The Morgan fingerprint density at radius 3 is 2.41 bits per heavy atom. The molecule has 10 nitrogen and oxygen atoms in total. The van der Waals surface area contributed by atoms with Crippen LogP contribution >= 0.6 is 11.3 Å². The predicted molar refractivity (Wildman–Crippen MR) is 195 cm³/mol. The zero-order valence-corrected chi connectivity index (χ0v) is 31.5. The van der Waals surface area contributed by atoms with Crippen LogP contribution in [0.15, 0.2) is 35.7 Å². The number of ether oxygens (including phenoxy) is 1. The Hall–Kier alpha value is -3.44. The molecule has 2 heterocycles. The third kappa shape index (κ3) is 11.8. The fourth-order valence-electron chi connectivity index (χ4n) is 6.46. The quantitative estimate of drug-likeness (QED) is 0.122. The van der Waals surface area contributed by atoms with Crippen molar-refractivity contribution in [3.05, 3.63) is 52.0 Å². The first kappa shape index (κ1) is 38.4. The minimum Gasteiger partial charge on any atom is -0.455 e. The van der Waals surface area contributed by atoms with Gasteiger partial charge in [-0.1, -0.05) is 84.7 Å². The molecule has 0 spiro atoms. The smallest absolute Gasteiger partial charge is 0.409 e. The van der Waals surface area contributed by atoms with Crippen LogP contribution in [-0.2, 0) is 25.5 Å². The Balaban J connectivity index is 1.80. The van der Waals surface area contributed by atoms with Crippen molar-refractivity contribution in [3.63, 3.8) is 0 Å². The molecule has 0 aliphatic carbocycles. The minimum absolute atomic E-state index is 0.0732. The molecule has 2 aromatic rings. The molecule has 49 heavy (non-hydrogen) atoms. The first-order chi connectivity index (χ1) is 23.6. The summed E-state index contributed by atoms with van der Waals surface area (Å²) in [7, 11) is 1.94. The third-order valence-electron chi connectivity index (χ3n) is 9.46. The van der Waals surface area contributed by atoms with E-state index in [1.807, 2.05) is 51.8 Å². The van der Waals surface area contributed by atoms with Gasteiger partial charge in [-0.15, -0.1) is 11.3 Å². The van der Waals surface area contributed by atoms with Crippen LogP contribution in [0.4, 0.5) is 0 Å². The first-order valence-corrected chi connectivity index (χ1v) is 18.6. The summed E-state index contributed by atoms with van der Waals surface area (Å²) in [6.07, 6.45) is 4.25. The summed E-state index contributed by atoms with van der Waals surface area (Å²) in [5, 5.41) is 8.31. The molecule has 1 aliphatic heterocycles. The fraction of sp³-hybridized carbons (Fsp3) is 0.632. The van der Waals surface area contributed by atoms with Crippen LogP contribution < -0.4 is 10.6 Å². The zero-order valence-electron chi connectivity index (χ0n) is 31.7. The highest BCUT2D eigenvalue weighted by molar-refractivity contribution is 7.09. The number of amides is 3. The van der Waals surface area contributed by atoms with Crippen molar-refractivity contribution in [2.45, 2.75) is 124 Å². The molecule has 0 bridgehead atoms. The molecule has 1 aliphatic rings. The maximum atomic E-state index is 14.1. The number of hydrogen-bond donors (Lipinski definition) is 2.